The number of quaternary nitrogens is 1. The van der Waals surface area contributed by atoms with Gasteiger partial charge in [0.05, 0.1) is 27.2 Å². The highest BCUT2D eigenvalue weighted by molar-refractivity contribution is 8.13. The summed E-state index contributed by atoms with van der Waals surface area (Å²) in [5.74, 6) is 0. The first-order chi connectivity index (χ1) is 15.0. The van der Waals surface area contributed by atoms with Crippen molar-refractivity contribution in [2.75, 3.05) is 33.8 Å². The van der Waals surface area contributed by atoms with Crippen molar-refractivity contribution in [3.63, 3.8) is 0 Å². The number of alkyl halides is 6. The number of halogens is 6. The van der Waals surface area contributed by atoms with Gasteiger partial charge in [0, 0.05) is 13.0 Å². The Morgan fingerprint density at radius 1 is 0.735 bits per heavy atom. The van der Waals surface area contributed by atoms with Crippen molar-refractivity contribution in [3.8, 4) is 0 Å². The monoisotopic (exact) mass is 568 g/mol. The van der Waals surface area contributed by atoms with Crippen LogP contribution < -0.4 is 0 Å². The summed E-state index contributed by atoms with van der Waals surface area (Å²) in [5, 5.41) is 0. The topological polar surface area (TPSA) is 91.6 Å². The molecule has 34 heavy (non-hydrogen) atoms. The molecule has 0 unspecified atom stereocenters. The second-order valence-electron chi connectivity index (χ2n) is 9.38. The molecule has 0 fully saturated rings. The van der Waals surface area contributed by atoms with E-state index in [0.29, 0.717) is 0 Å². The van der Waals surface area contributed by atoms with Gasteiger partial charge in [0.25, 0.3) is 0 Å². The Labute approximate surface area is 201 Å². The molecule has 0 saturated heterocycles. The molecule has 0 radical (unpaired) electrons. The summed E-state index contributed by atoms with van der Waals surface area (Å²) in [7, 11) is -10.0. The van der Waals surface area contributed by atoms with Crippen LogP contribution in [-0.2, 0) is 24.5 Å². The molecule has 208 valence electrons. The summed E-state index contributed by atoms with van der Waals surface area (Å²) in [6.07, 6.45) is 9.59. The van der Waals surface area contributed by atoms with Crippen LogP contribution in [0.5, 0.6) is 0 Å². The molecule has 0 aromatic rings. The Morgan fingerprint density at radius 2 is 1.12 bits per heavy atom. The van der Waals surface area contributed by atoms with Crippen molar-refractivity contribution in [3.05, 3.63) is 4.13 Å². The Balaban J connectivity index is 0. The predicted molar refractivity (Wildman–Crippen MR) is 122 cm³/mol. The van der Waals surface area contributed by atoms with Gasteiger partial charge in [0.1, 0.15) is 0 Å². The molecule has 7 nitrogen and oxygen atoms in total. The number of hydrogen-bond acceptors (Lipinski definition) is 5. The van der Waals surface area contributed by atoms with E-state index in [2.05, 4.69) is 40.7 Å². The van der Waals surface area contributed by atoms with Gasteiger partial charge in [-0.2, -0.15) is 26.3 Å². The van der Waals surface area contributed by atoms with E-state index < -0.39 is 39.4 Å². The summed E-state index contributed by atoms with van der Waals surface area (Å²) in [4.78, 5) is 0. The van der Waals surface area contributed by atoms with E-state index in [9.17, 15) is 43.2 Å². The molecule has 0 aliphatic heterocycles. The molecule has 0 N–H and O–H groups in total. The van der Waals surface area contributed by atoms with E-state index in [1.54, 1.807) is 0 Å². The lowest BCUT2D eigenvalue weighted by atomic mass is 10.1. The third-order valence-corrected chi connectivity index (χ3v) is 8.15. The normalized spacial score (nSPS) is 14.0. The molecule has 0 aliphatic rings. The first-order valence-electron chi connectivity index (χ1n) is 10.8. The van der Waals surface area contributed by atoms with E-state index in [4.69, 9.17) is 4.43 Å². The number of nitrogens with zero attached hydrogens (tertiary/aromatic N) is 2. The third kappa shape index (κ3) is 17.1. The average molecular weight is 569 g/mol. The third-order valence-electron chi connectivity index (χ3n) is 4.34. The van der Waals surface area contributed by atoms with Gasteiger partial charge in [-0.1, -0.05) is 32.6 Å². The molecule has 0 saturated carbocycles. The van der Waals surface area contributed by atoms with Crippen molar-refractivity contribution in [1.29, 1.82) is 0 Å². The van der Waals surface area contributed by atoms with Gasteiger partial charge in [-0.25, -0.2) is 16.8 Å². The van der Waals surface area contributed by atoms with E-state index >= 15 is 0 Å². The molecule has 0 atom stereocenters. The second-order valence-corrected chi connectivity index (χ2v) is 17.3. The molecule has 16 heteroatoms. The maximum Gasteiger partial charge on any atom is 0.480 e. The summed E-state index contributed by atoms with van der Waals surface area (Å²) < 4.78 is 116. The van der Waals surface area contributed by atoms with Crippen LogP contribution in [0.1, 0.15) is 51.9 Å². The van der Waals surface area contributed by atoms with Crippen LogP contribution in [0.25, 0.3) is 4.13 Å². The molecule has 0 bridgehead atoms. The van der Waals surface area contributed by atoms with Gasteiger partial charge in [-0.05, 0) is 32.5 Å². The highest BCUT2D eigenvalue weighted by atomic mass is 32.3. The summed E-state index contributed by atoms with van der Waals surface area (Å²) in [6, 6.07) is 0. The van der Waals surface area contributed by atoms with Crippen LogP contribution >= 0.6 is 0 Å². The number of unbranched alkanes of at least 4 members (excludes halogenated alkanes) is 5. The number of rotatable bonds is 14. The van der Waals surface area contributed by atoms with Gasteiger partial charge in [-0.15, -0.1) is 0 Å². The molecule has 0 aromatic carbocycles. The molecule has 0 heterocycles. The minimum atomic E-state index is -6.72. The van der Waals surface area contributed by atoms with E-state index in [0.717, 1.165) is 15.2 Å². The SMILES string of the molecule is CCCCCCCC[N+](C)(C)CCCO[Si](C)(C)C.O=S(=O)([N-]S(=O)(=O)C(F)(F)F)C(F)(F)F. The Hall–Kier alpha value is -0.423. The fourth-order valence-electron chi connectivity index (χ4n) is 2.52. The first-order valence-corrected chi connectivity index (χ1v) is 17.1. The highest BCUT2D eigenvalue weighted by Gasteiger charge is 2.46. The lowest BCUT2D eigenvalue weighted by Crippen LogP contribution is -2.42. The van der Waals surface area contributed by atoms with Gasteiger partial charge < -0.3 is 13.0 Å². The van der Waals surface area contributed by atoms with Gasteiger partial charge in [0.2, 0.25) is 0 Å². The number of hydrogen-bond donors (Lipinski definition) is 0. The molecule has 0 spiro atoms. The van der Waals surface area contributed by atoms with Crippen molar-refractivity contribution >= 4 is 28.4 Å². The summed E-state index contributed by atoms with van der Waals surface area (Å²) >= 11 is 0. The van der Waals surface area contributed by atoms with E-state index in [1.807, 2.05) is 0 Å². The summed E-state index contributed by atoms with van der Waals surface area (Å²) in [5.41, 5.74) is -12.4. The molecule has 0 amide bonds. The smallest absolute Gasteiger partial charge is 0.421 e. The predicted octanol–water partition coefficient (Wildman–Crippen LogP) is 5.72. The van der Waals surface area contributed by atoms with Crippen LogP contribution in [0.4, 0.5) is 26.3 Å². The molecular weight excluding hydrogens is 530 g/mol. The molecular formula is C18H38F6N2O5S2Si. The van der Waals surface area contributed by atoms with Crippen LogP contribution in [0.2, 0.25) is 19.6 Å². The lowest BCUT2D eigenvalue weighted by molar-refractivity contribution is -0.890. The minimum absolute atomic E-state index is 0.778. The Bertz CT molecular complexity index is 738. The van der Waals surface area contributed by atoms with Gasteiger partial charge >= 0.3 is 11.0 Å². The zero-order valence-corrected chi connectivity index (χ0v) is 23.2. The maximum absolute atomic E-state index is 11.4. The highest BCUT2D eigenvalue weighted by Crippen LogP contribution is 2.36. The van der Waals surface area contributed by atoms with E-state index in [1.165, 1.54) is 58.0 Å². The molecule has 0 aliphatic carbocycles. The van der Waals surface area contributed by atoms with Crippen LogP contribution in [-0.4, -0.2) is 74.4 Å². The molecule has 0 rings (SSSR count). The largest absolute Gasteiger partial charge is 0.480 e. The van der Waals surface area contributed by atoms with Crippen molar-refractivity contribution in [2.24, 2.45) is 0 Å². The zero-order valence-electron chi connectivity index (χ0n) is 20.6. The second kappa shape index (κ2) is 14.4. The standard InChI is InChI=1S/C16H38NOSi.C2F6NO4S2/c1-7-8-9-10-11-12-14-17(2,3)15-13-16-18-19(4,5)6;3-1(4,5)14(10,11)9-15(12,13)2(6,7)8/h7-16H2,1-6H3;/q+1;-1. The quantitative estimate of drug-likeness (QED) is 0.116. The first kappa shape index (κ1) is 35.7. The summed E-state index contributed by atoms with van der Waals surface area (Å²) in [6.45, 7) is 12.6. The Kier molecular flexibility index (Phi) is 15.1. The zero-order chi connectivity index (χ0) is 27.5. The fraction of sp³-hybridized carbons (Fsp3) is 1.00. The van der Waals surface area contributed by atoms with Crippen molar-refractivity contribution in [2.45, 2.75) is 82.5 Å². The van der Waals surface area contributed by atoms with Crippen LogP contribution in [0, 0.1) is 0 Å². The van der Waals surface area contributed by atoms with Gasteiger partial charge in [0.15, 0.2) is 28.4 Å². The average Bonchev–Trinajstić information content (AvgIpc) is 2.59. The van der Waals surface area contributed by atoms with Crippen molar-refractivity contribution in [1.82, 2.24) is 0 Å². The minimum Gasteiger partial charge on any atom is -0.421 e. The van der Waals surface area contributed by atoms with Crippen LogP contribution in [0.3, 0.4) is 0 Å². The van der Waals surface area contributed by atoms with Crippen molar-refractivity contribution < 1.29 is 52.1 Å². The van der Waals surface area contributed by atoms with Crippen LogP contribution in [0.15, 0.2) is 0 Å². The number of sulfonamides is 2. The van der Waals surface area contributed by atoms with E-state index in [-0.39, 0.29) is 0 Å². The maximum atomic E-state index is 11.4. The lowest BCUT2D eigenvalue weighted by Gasteiger charge is -2.30. The molecule has 0 aromatic heterocycles. The Morgan fingerprint density at radius 3 is 1.50 bits per heavy atom. The van der Waals surface area contributed by atoms with Gasteiger partial charge in [-0.3, -0.25) is 0 Å². The fourth-order valence-corrected chi connectivity index (χ4v) is 4.98.